The Morgan fingerprint density at radius 3 is 3.00 bits per heavy atom. The first-order chi connectivity index (χ1) is 8.14. The summed E-state index contributed by atoms with van der Waals surface area (Å²) in [5, 5.41) is 3.27. The van der Waals surface area contributed by atoms with E-state index < -0.39 is 9.84 Å². The minimum absolute atomic E-state index is 0.00907. The van der Waals surface area contributed by atoms with E-state index in [1.807, 2.05) is 18.2 Å². The fourth-order valence-electron chi connectivity index (χ4n) is 2.05. The number of nitrogens with one attached hydrogen (secondary N) is 1. The SMILES string of the molecule is O=S1(=O)CCC(Nc2cccc3n[se]nc23)C1. The van der Waals surface area contributed by atoms with Crippen LogP contribution in [0.25, 0.3) is 11.0 Å². The van der Waals surface area contributed by atoms with E-state index in [1.165, 1.54) is 0 Å². The Balaban J connectivity index is 1.88. The van der Waals surface area contributed by atoms with Crippen molar-refractivity contribution in [2.75, 3.05) is 16.8 Å². The maximum atomic E-state index is 11.4. The number of aromatic nitrogens is 2. The zero-order valence-electron chi connectivity index (χ0n) is 8.96. The van der Waals surface area contributed by atoms with Gasteiger partial charge in [-0.2, -0.15) is 0 Å². The van der Waals surface area contributed by atoms with Crippen molar-refractivity contribution in [2.24, 2.45) is 0 Å². The molecule has 0 aliphatic carbocycles. The molecule has 0 spiro atoms. The molecule has 0 saturated carbocycles. The van der Waals surface area contributed by atoms with Crippen LogP contribution < -0.4 is 5.32 Å². The molecule has 1 saturated heterocycles. The van der Waals surface area contributed by atoms with E-state index in [4.69, 9.17) is 0 Å². The summed E-state index contributed by atoms with van der Waals surface area (Å²) in [6, 6.07) is 5.80. The summed E-state index contributed by atoms with van der Waals surface area (Å²) >= 11 is -0.0537. The van der Waals surface area contributed by atoms with Gasteiger partial charge in [-0.1, -0.05) is 0 Å². The van der Waals surface area contributed by atoms with Crippen LogP contribution in [0.1, 0.15) is 6.42 Å². The zero-order chi connectivity index (χ0) is 11.9. The molecule has 3 rings (SSSR count). The molecular formula is C10H11N3O2SSe. The zero-order valence-corrected chi connectivity index (χ0v) is 11.5. The van der Waals surface area contributed by atoms with E-state index >= 15 is 0 Å². The van der Waals surface area contributed by atoms with Crippen molar-refractivity contribution in [1.82, 2.24) is 7.96 Å². The number of benzene rings is 1. The second-order valence-electron chi connectivity index (χ2n) is 4.18. The number of anilines is 1. The van der Waals surface area contributed by atoms with Gasteiger partial charge in [0.05, 0.1) is 0 Å². The summed E-state index contributed by atoms with van der Waals surface area (Å²) in [7, 11) is -2.84. The van der Waals surface area contributed by atoms with Crippen LogP contribution in [0.15, 0.2) is 18.2 Å². The number of rotatable bonds is 2. The van der Waals surface area contributed by atoms with Crippen LogP contribution in [0.2, 0.25) is 0 Å². The van der Waals surface area contributed by atoms with E-state index in [1.54, 1.807) is 0 Å². The first-order valence-corrected chi connectivity index (χ1v) is 8.68. The summed E-state index contributed by atoms with van der Waals surface area (Å²) in [6.07, 6.45) is 0.675. The van der Waals surface area contributed by atoms with Crippen molar-refractivity contribution in [1.29, 1.82) is 0 Å². The predicted molar refractivity (Wildman–Crippen MR) is 67.2 cm³/mol. The van der Waals surface area contributed by atoms with Gasteiger partial charge in [0.25, 0.3) is 0 Å². The summed E-state index contributed by atoms with van der Waals surface area (Å²) in [5.41, 5.74) is 2.71. The number of fused-ring (bicyclic) bond motifs is 1. The van der Waals surface area contributed by atoms with Crippen LogP contribution in [0, 0.1) is 0 Å². The predicted octanol–water partition coefficient (Wildman–Crippen LogP) is 0.286. The monoisotopic (exact) mass is 317 g/mol. The Bertz CT molecular complexity index is 652. The third-order valence-electron chi connectivity index (χ3n) is 2.88. The molecular weight excluding hydrogens is 305 g/mol. The molecule has 1 aliphatic rings. The maximum absolute atomic E-state index is 11.4. The van der Waals surface area contributed by atoms with Gasteiger partial charge in [-0.15, -0.1) is 0 Å². The molecule has 1 aliphatic heterocycles. The summed E-state index contributed by atoms with van der Waals surface area (Å²) < 4.78 is 31.4. The van der Waals surface area contributed by atoms with Gasteiger partial charge in [-0.25, -0.2) is 0 Å². The van der Waals surface area contributed by atoms with Crippen molar-refractivity contribution < 1.29 is 8.42 Å². The quantitative estimate of drug-likeness (QED) is 0.806. The minimum atomic E-state index is -2.84. The van der Waals surface area contributed by atoms with Gasteiger partial charge in [-0.3, -0.25) is 0 Å². The molecule has 7 heteroatoms. The number of nitrogens with zero attached hydrogens (tertiary/aromatic N) is 2. The molecule has 5 nitrogen and oxygen atoms in total. The van der Waals surface area contributed by atoms with E-state index in [0.29, 0.717) is 6.42 Å². The molecule has 1 aromatic carbocycles. The molecule has 2 aromatic rings. The Kier molecular flexibility index (Phi) is 2.69. The fourth-order valence-corrected chi connectivity index (χ4v) is 4.88. The van der Waals surface area contributed by atoms with Gasteiger partial charge in [0.15, 0.2) is 0 Å². The van der Waals surface area contributed by atoms with Gasteiger partial charge in [0.2, 0.25) is 0 Å². The van der Waals surface area contributed by atoms with Crippen LogP contribution in [-0.2, 0) is 9.84 Å². The average Bonchev–Trinajstić information content (AvgIpc) is 2.85. The van der Waals surface area contributed by atoms with Crippen LogP contribution in [0.4, 0.5) is 5.69 Å². The van der Waals surface area contributed by atoms with Crippen molar-refractivity contribution in [3.05, 3.63) is 18.2 Å². The van der Waals surface area contributed by atoms with Gasteiger partial charge >= 0.3 is 105 Å². The van der Waals surface area contributed by atoms with Gasteiger partial charge in [-0.05, 0) is 0 Å². The molecule has 0 bridgehead atoms. The van der Waals surface area contributed by atoms with Crippen LogP contribution >= 0.6 is 0 Å². The average molecular weight is 316 g/mol. The number of hydrogen-bond acceptors (Lipinski definition) is 5. The molecule has 1 atom stereocenters. The Hall–Kier alpha value is -0.911. The third kappa shape index (κ3) is 2.22. The molecule has 90 valence electrons. The molecule has 1 N–H and O–H groups in total. The Labute approximate surface area is 105 Å². The van der Waals surface area contributed by atoms with Crippen molar-refractivity contribution in [3.63, 3.8) is 0 Å². The number of sulfone groups is 1. The molecule has 1 aromatic heterocycles. The van der Waals surface area contributed by atoms with E-state index in [9.17, 15) is 8.42 Å². The summed E-state index contributed by atoms with van der Waals surface area (Å²) in [5.74, 6) is 0.504. The summed E-state index contributed by atoms with van der Waals surface area (Å²) in [4.78, 5) is 0. The van der Waals surface area contributed by atoms with Crippen molar-refractivity contribution in [2.45, 2.75) is 12.5 Å². The molecule has 2 heterocycles. The molecule has 0 amide bonds. The number of hydrogen-bond donors (Lipinski definition) is 1. The van der Waals surface area contributed by atoms with E-state index in [-0.39, 0.29) is 32.5 Å². The van der Waals surface area contributed by atoms with Crippen molar-refractivity contribution >= 4 is 41.5 Å². The van der Waals surface area contributed by atoms with Crippen LogP contribution in [0.3, 0.4) is 0 Å². The van der Waals surface area contributed by atoms with Gasteiger partial charge in [0.1, 0.15) is 0 Å². The second-order valence-corrected chi connectivity index (χ2v) is 7.52. The first kappa shape index (κ1) is 11.2. The van der Waals surface area contributed by atoms with Crippen molar-refractivity contribution in [3.8, 4) is 0 Å². The molecule has 0 radical (unpaired) electrons. The fraction of sp³-hybridized carbons (Fsp3) is 0.400. The second kappa shape index (κ2) is 4.08. The van der Waals surface area contributed by atoms with Crippen LogP contribution in [0.5, 0.6) is 0 Å². The Morgan fingerprint density at radius 1 is 1.35 bits per heavy atom. The third-order valence-corrected chi connectivity index (χ3v) is 5.78. The standard InChI is InChI=1S/C10H11N3O2SSe/c14-16(15)5-4-7(6-16)11-8-2-1-3-9-10(8)13-17-12-9/h1-3,7,11H,4-6H2. The van der Waals surface area contributed by atoms with Crippen LogP contribution in [-0.4, -0.2) is 48.9 Å². The molecule has 17 heavy (non-hydrogen) atoms. The normalized spacial score (nSPS) is 22.9. The molecule has 1 fully saturated rings. The van der Waals surface area contributed by atoms with E-state index in [0.717, 1.165) is 16.7 Å². The Morgan fingerprint density at radius 2 is 2.24 bits per heavy atom. The topological polar surface area (TPSA) is 72.0 Å². The summed E-state index contributed by atoms with van der Waals surface area (Å²) in [6.45, 7) is 0. The van der Waals surface area contributed by atoms with E-state index in [2.05, 4.69) is 13.3 Å². The first-order valence-electron chi connectivity index (χ1n) is 5.32. The van der Waals surface area contributed by atoms with Gasteiger partial charge in [0, 0.05) is 0 Å². The molecule has 1 unspecified atom stereocenters. The van der Waals surface area contributed by atoms with Gasteiger partial charge < -0.3 is 0 Å².